The molecule has 0 spiro atoms. The molecular formula is C14H21F3O3S. The zero-order valence-corrected chi connectivity index (χ0v) is 12.8. The van der Waals surface area contributed by atoms with E-state index in [1.54, 1.807) is 0 Å². The summed E-state index contributed by atoms with van der Waals surface area (Å²) >= 11 is 0. The van der Waals surface area contributed by atoms with E-state index >= 15 is 0 Å². The first-order valence-corrected chi connectivity index (χ1v) is 8.79. The molecule has 2 aliphatic carbocycles. The topological polar surface area (TPSA) is 43.4 Å². The van der Waals surface area contributed by atoms with Crippen molar-refractivity contribution < 1.29 is 25.8 Å². The van der Waals surface area contributed by atoms with Crippen LogP contribution in [0.1, 0.15) is 51.9 Å². The molecule has 0 N–H and O–H groups in total. The van der Waals surface area contributed by atoms with Gasteiger partial charge >= 0.3 is 15.6 Å². The third-order valence-electron chi connectivity index (χ3n) is 4.64. The third-order valence-corrected chi connectivity index (χ3v) is 5.64. The van der Waals surface area contributed by atoms with Gasteiger partial charge in [-0.3, -0.25) is 0 Å². The van der Waals surface area contributed by atoms with Crippen molar-refractivity contribution in [1.29, 1.82) is 0 Å². The van der Waals surface area contributed by atoms with E-state index in [4.69, 9.17) is 0 Å². The fourth-order valence-corrected chi connectivity index (χ4v) is 3.81. The summed E-state index contributed by atoms with van der Waals surface area (Å²) in [6, 6.07) is 0. The maximum absolute atomic E-state index is 12.3. The molecule has 0 aromatic carbocycles. The maximum Gasteiger partial charge on any atom is 0.534 e. The summed E-state index contributed by atoms with van der Waals surface area (Å²) in [5.74, 6) is 1.75. The average molecular weight is 326 g/mol. The second kappa shape index (κ2) is 6.18. The number of hydrogen-bond donors (Lipinski definition) is 0. The van der Waals surface area contributed by atoms with E-state index in [1.165, 1.54) is 18.9 Å². The molecule has 0 amide bonds. The lowest BCUT2D eigenvalue weighted by Gasteiger charge is -2.34. The van der Waals surface area contributed by atoms with Gasteiger partial charge in [-0.25, -0.2) is 0 Å². The van der Waals surface area contributed by atoms with Gasteiger partial charge in [-0.15, -0.1) is 0 Å². The van der Waals surface area contributed by atoms with Crippen LogP contribution >= 0.6 is 0 Å². The van der Waals surface area contributed by atoms with Crippen LogP contribution < -0.4 is 0 Å². The third kappa shape index (κ3) is 4.14. The molecule has 0 aromatic rings. The first-order chi connectivity index (χ1) is 9.69. The van der Waals surface area contributed by atoms with E-state index in [2.05, 4.69) is 11.1 Å². The van der Waals surface area contributed by atoms with Gasteiger partial charge in [0.25, 0.3) is 0 Å². The first kappa shape index (κ1) is 16.6. The lowest BCUT2D eigenvalue weighted by atomic mass is 9.72. The highest BCUT2D eigenvalue weighted by molar-refractivity contribution is 7.87. The fourth-order valence-electron chi connectivity index (χ4n) is 3.28. The second-order valence-electron chi connectivity index (χ2n) is 6.21. The zero-order chi connectivity index (χ0) is 15.7. The van der Waals surface area contributed by atoms with Crippen molar-refractivity contribution in [2.45, 2.75) is 57.4 Å². The number of allylic oxidation sites excluding steroid dienone is 2. The number of halogens is 3. The first-order valence-electron chi connectivity index (χ1n) is 7.39. The summed E-state index contributed by atoms with van der Waals surface area (Å²) in [7, 11) is -5.52. The summed E-state index contributed by atoms with van der Waals surface area (Å²) in [5, 5.41) is 0. The Balaban J connectivity index is 1.91. The summed E-state index contributed by atoms with van der Waals surface area (Å²) in [4.78, 5) is 0. The SMILES string of the molecule is C[C@H]1CC[C@H](C2CC=C(OS(=O)(=O)C(F)(F)F)CC2)CC1. The van der Waals surface area contributed by atoms with E-state index in [9.17, 15) is 21.6 Å². The van der Waals surface area contributed by atoms with Crippen LogP contribution in [0.15, 0.2) is 11.8 Å². The van der Waals surface area contributed by atoms with Gasteiger partial charge in [0.05, 0.1) is 0 Å². The highest BCUT2D eigenvalue weighted by Gasteiger charge is 2.49. The average Bonchev–Trinajstić information content (AvgIpc) is 2.39. The Bertz CT molecular complexity index is 488. The van der Waals surface area contributed by atoms with Crippen LogP contribution in [0.2, 0.25) is 0 Å². The smallest absolute Gasteiger partial charge is 0.381 e. The van der Waals surface area contributed by atoms with E-state index in [-0.39, 0.29) is 12.2 Å². The van der Waals surface area contributed by atoms with Crippen LogP contribution in [0, 0.1) is 17.8 Å². The van der Waals surface area contributed by atoms with Crippen molar-refractivity contribution in [2.75, 3.05) is 0 Å². The minimum Gasteiger partial charge on any atom is -0.381 e. The van der Waals surface area contributed by atoms with Gasteiger partial charge in [-0.2, -0.15) is 21.6 Å². The summed E-state index contributed by atoms with van der Waals surface area (Å²) < 4.78 is 62.9. The molecule has 0 heterocycles. The Labute approximate surface area is 123 Å². The molecule has 1 unspecified atom stereocenters. The van der Waals surface area contributed by atoms with Crippen LogP contribution in [0.4, 0.5) is 13.2 Å². The molecule has 21 heavy (non-hydrogen) atoms. The van der Waals surface area contributed by atoms with Crippen LogP contribution in [-0.4, -0.2) is 13.9 Å². The molecule has 0 aliphatic heterocycles. The molecule has 0 radical (unpaired) electrons. The van der Waals surface area contributed by atoms with E-state index in [0.29, 0.717) is 24.7 Å². The van der Waals surface area contributed by atoms with Gasteiger partial charge in [0.1, 0.15) is 5.76 Å². The molecular weight excluding hydrogens is 305 g/mol. The van der Waals surface area contributed by atoms with Crippen molar-refractivity contribution >= 4 is 10.1 Å². The molecule has 3 nitrogen and oxygen atoms in total. The predicted molar refractivity (Wildman–Crippen MR) is 72.6 cm³/mol. The lowest BCUT2D eigenvalue weighted by Crippen LogP contribution is -2.27. The Hall–Kier alpha value is -0.720. The summed E-state index contributed by atoms with van der Waals surface area (Å²) in [6.07, 6.45) is 7.85. The largest absolute Gasteiger partial charge is 0.534 e. The monoisotopic (exact) mass is 326 g/mol. The summed E-state index contributed by atoms with van der Waals surface area (Å²) in [6.45, 7) is 2.24. The molecule has 2 rings (SSSR count). The molecule has 0 aromatic heterocycles. The van der Waals surface area contributed by atoms with Crippen molar-refractivity contribution in [2.24, 2.45) is 17.8 Å². The molecule has 122 valence electrons. The van der Waals surface area contributed by atoms with Crippen molar-refractivity contribution in [3.8, 4) is 0 Å². The predicted octanol–water partition coefficient (Wildman–Crippen LogP) is 4.36. The molecule has 1 atom stereocenters. The Kier molecular flexibility index (Phi) is 4.90. The van der Waals surface area contributed by atoms with E-state index < -0.39 is 15.6 Å². The van der Waals surface area contributed by atoms with Gasteiger partial charge in [-0.1, -0.05) is 19.8 Å². The van der Waals surface area contributed by atoms with Gasteiger partial charge in [-0.05, 0) is 49.5 Å². The fraction of sp³-hybridized carbons (Fsp3) is 0.857. The number of rotatable bonds is 3. The van der Waals surface area contributed by atoms with Gasteiger partial charge in [0.15, 0.2) is 0 Å². The van der Waals surface area contributed by atoms with Crippen LogP contribution in [0.25, 0.3) is 0 Å². The Morgan fingerprint density at radius 2 is 1.71 bits per heavy atom. The van der Waals surface area contributed by atoms with Crippen LogP contribution in [0.3, 0.4) is 0 Å². The van der Waals surface area contributed by atoms with E-state index in [1.807, 2.05) is 0 Å². The normalized spacial score (nSPS) is 31.6. The van der Waals surface area contributed by atoms with E-state index in [0.717, 1.165) is 18.8 Å². The Morgan fingerprint density at radius 3 is 2.19 bits per heavy atom. The second-order valence-corrected chi connectivity index (χ2v) is 7.75. The molecule has 1 fully saturated rings. The maximum atomic E-state index is 12.3. The number of hydrogen-bond acceptors (Lipinski definition) is 3. The highest BCUT2D eigenvalue weighted by atomic mass is 32.2. The minimum absolute atomic E-state index is 0.0623. The molecule has 0 bridgehead atoms. The minimum atomic E-state index is -5.52. The van der Waals surface area contributed by atoms with Crippen molar-refractivity contribution in [3.05, 3.63) is 11.8 Å². The highest BCUT2D eigenvalue weighted by Crippen LogP contribution is 2.40. The number of alkyl halides is 3. The lowest BCUT2D eigenvalue weighted by molar-refractivity contribution is -0.0525. The van der Waals surface area contributed by atoms with Crippen LogP contribution in [0.5, 0.6) is 0 Å². The standard InChI is InChI=1S/C14H21F3O3S/c1-10-2-4-11(5-3-10)12-6-8-13(9-7-12)20-21(18,19)14(15,16)17/h8,10-12H,2-7,9H2,1H3/t10-,11-,12?. The molecule has 2 aliphatic rings. The zero-order valence-electron chi connectivity index (χ0n) is 12.0. The van der Waals surface area contributed by atoms with Gasteiger partial charge in [0, 0.05) is 6.42 Å². The Morgan fingerprint density at radius 1 is 1.10 bits per heavy atom. The van der Waals surface area contributed by atoms with Crippen molar-refractivity contribution in [1.82, 2.24) is 0 Å². The molecule has 1 saturated carbocycles. The van der Waals surface area contributed by atoms with Crippen LogP contribution in [-0.2, 0) is 14.3 Å². The van der Waals surface area contributed by atoms with Gasteiger partial charge < -0.3 is 4.18 Å². The summed E-state index contributed by atoms with van der Waals surface area (Å²) in [5.41, 5.74) is -5.36. The van der Waals surface area contributed by atoms with Gasteiger partial charge in [0.2, 0.25) is 0 Å². The van der Waals surface area contributed by atoms with Crippen molar-refractivity contribution in [3.63, 3.8) is 0 Å². The molecule has 7 heteroatoms. The quantitative estimate of drug-likeness (QED) is 0.571. The molecule has 0 saturated heterocycles.